The zero-order chi connectivity index (χ0) is 24.9. The molecule has 1 aromatic carbocycles. The standard InChI is InChI=1S/C27H37N3O5/c1-18-14-29(15-19(2)34-18)16-23-7-6-12-30(23)27(31)11-9-22-8-10-25(26(13-22)32-5)33-17-24-20(3)28-35-21(24)4/h8-11,13,18-19,23H,6-7,12,14-17H2,1-5H3/b11-9+. The number of aromatic nitrogens is 1. The fourth-order valence-electron chi connectivity index (χ4n) is 5.08. The lowest BCUT2D eigenvalue weighted by Crippen LogP contribution is -2.50. The summed E-state index contributed by atoms with van der Waals surface area (Å²) >= 11 is 0. The molecule has 3 heterocycles. The molecule has 0 radical (unpaired) electrons. The van der Waals surface area contributed by atoms with Crippen molar-refractivity contribution in [1.82, 2.24) is 15.0 Å². The van der Waals surface area contributed by atoms with Gasteiger partial charge in [-0.05, 0) is 64.3 Å². The Balaban J connectivity index is 1.37. The molecule has 8 heteroatoms. The summed E-state index contributed by atoms with van der Waals surface area (Å²) in [5, 5.41) is 3.96. The summed E-state index contributed by atoms with van der Waals surface area (Å²) in [6.45, 7) is 11.9. The van der Waals surface area contributed by atoms with Gasteiger partial charge in [0, 0.05) is 38.3 Å². The first-order chi connectivity index (χ1) is 16.8. The highest BCUT2D eigenvalue weighted by Crippen LogP contribution is 2.30. The Kier molecular flexibility index (Phi) is 8.13. The van der Waals surface area contributed by atoms with Gasteiger partial charge in [-0.15, -0.1) is 0 Å². The van der Waals surface area contributed by atoms with Crippen molar-refractivity contribution < 1.29 is 23.5 Å². The summed E-state index contributed by atoms with van der Waals surface area (Å²) in [4.78, 5) is 17.5. The van der Waals surface area contributed by atoms with E-state index >= 15 is 0 Å². The van der Waals surface area contributed by atoms with Crippen molar-refractivity contribution in [1.29, 1.82) is 0 Å². The fourth-order valence-corrected chi connectivity index (χ4v) is 5.08. The molecule has 2 fully saturated rings. The summed E-state index contributed by atoms with van der Waals surface area (Å²) in [6.07, 6.45) is 6.07. The number of methoxy groups -OCH3 is 1. The number of ether oxygens (including phenoxy) is 3. The average Bonchev–Trinajstić information content (AvgIpc) is 3.41. The fraction of sp³-hybridized carbons (Fsp3) is 0.556. The zero-order valence-electron chi connectivity index (χ0n) is 21.5. The van der Waals surface area contributed by atoms with Gasteiger partial charge in [0.05, 0.1) is 30.6 Å². The Bertz CT molecular complexity index is 1020. The van der Waals surface area contributed by atoms with Crippen LogP contribution in [0.1, 0.15) is 49.3 Å². The second-order valence-corrected chi connectivity index (χ2v) is 9.64. The number of hydrogen-bond acceptors (Lipinski definition) is 7. The topological polar surface area (TPSA) is 77.3 Å². The maximum atomic E-state index is 13.0. The monoisotopic (exact) mass is 483 g/mol. The molecule has 2 aliphatic heterocycles. The van der Waals surface area contributed by atoms with Gasteiger partial charge >= 0.3 is 0 Å². The third-order valence-electron chi connectivity index (χ3n) is 6.78. The maximum absolute atomic E-state index is 13.0. The van der Waals surface area contributed by atoms with Crippen molar-refractivity contribution >= 4 is 12.0 Å². The number of nitrogens with zero attached hydrogens (tertiary/aromatic N) is 3. The number of morpholine rings is 1. The first-order valence-electron chi connectivity index (χ1n) is 12.4. The molecule has 1 amide bonds. The number of carbonyl (C=O) groups excluding carboxylic acids is 1. The summed E-state index contributed by atoms with van der Waals surface area (Å²) in [7, 11) is 1.61. The third-order valence-corrected chi connectivity index (χ3v) is 6.78. The minimum Gasteiger partial charge on any atom is -0.493 e. The predicted molar refractivity (Wildman–Crippen MR) is 134 cm³/mol. The number of benzene rings is 1. The molecule has 1 aromatic heterocycles. The van der Waals surface area contributed by atoms with Crippen LogP contribution in [-0.2, 0) is 16.1 Å². The molecule has 2 aliphatic rings. The number of amides is 1. The van der Waals surface area contributed by atoms with Gasteiger partial charge in [-0.25, -0.2) is 0 Å². The number of likely N-dealkylation sites (tertiary alicyclic amines) is 1. The largest absolute Gasteiger partial charge is 0.493 e. The Morgan fingerprint density at radius 1 is 1.20 bits per heavy atom. The van der Waals surface area contributed by atoms with Crippen LogP contribution in [0.25, 0.3) is 6.08 Å². The van der Waals surface area contributed by atoms with Crippen LogP contribution in [0.15, 0.2) is 28.8 Å². The van der Waals surface area contributed by atoms with E-state index in [1.54, 1.807) is 13.2 Å². The molecule has 2 saturated heterocycles. The molecule has 3 atom stereocenters. The molecule has 35 heavy (non-hydrogen) atoms. The second-order valence-electron chi connectivity index (χ2n) is 9.64. The van der Waals surface area contributed by atoms with Crippen molar-refractivity contribution in [2.45, 2.75) is 65.4 Å². The van der Waals surface area contributed by atoms with Crippen molar-refractivity contribution in [2.24, 2.45) is 0 Å². The number of rotatable bonds is 8. The molecule has 0 saturated carbocycles. The molecule has 3 unspecified atom stereocenters. The normalized spacial score (nSPS) is 23.2. The molecular weight excluding hydrogens is 446 g/mol. The maximum Gasteiger partial charge on any atom is 0.246 e. The van der Waals surface area contributed by atoms with E-state index in [0.29, 0.717) is 18.1 Å². The van der Waals surface area contributed by atoms with Gasteiger partial charge in [-0.3, -0.25) is 9.69 Å². The first kappa shape index (κ1) is 25.3. The molecule has 0 N–H and O–H groups in total. The Morgan fingerprint density at radius 2 is 1.97 bits per heavy atom. The SMILES string of the molecule is COc1cc(/C=C/C(=O)N2CCCC2CN2CC(C)OC(C)C2)ccc1OCc1c(C)noc1C. The summed E-state index contributed by atoms with van der Waals surface area (Å²) < 4.78 is 22.5. The highest BCUT2D eigenvalue weighted by molar-refractivity contribution is 5.92. The van der Waals surface area contributed by atoms with Gasteiger partial charge in [0.25, 0.3) is 0 Å². The van der Waals surface area contributed by atoms with Crippen LogP contribution in [0.4, 0.5) is 0 Å². The van der Waals surface area contributed by atoms with Crippen molar-refractivity contribution in [2.75, 3.05) is 33.3 Å². The average molecular weight is 484 g/mol. The molecule has 4 rings (SSSR count). The van der Waals surface area contributed by atoms with Crippen LogP contribution in [-0.4, -0.2) is 72.4 Å². The van der Waals surface area contributed by atoms with Gasteiger partial charge in [-0.1, -0.05) is 11.2 Å². The van der Waals surface area contributed by atoms with E-state index in [-0.39, 0.29) is 24.2 Å². The summed E-state index contributed by atoms with van der Waals surface area (Å²) in [5.41, 5.74) is 2.63. The van der Waals surface area contributed by atoms with E-state index < -0.39 is 0 Å². The van der Waals surface area contributed by atoms with Crippen molar-refractivity contribution in [3.05, 3.63) is 46.9 Å². The lowest BCUT2D eigenvalue weighted by Gasteiger charge is -2.38. The first-order valence-corrected chi connectivity index (χ1v) is 12.4. The van der Waals surface area contributed by atoms with Gasteiger partial charge in [0.15, 0.2) is 11.5 Å². The van der Waals surface area contributed by atoms with Crippen LogP contribution in [0.3, 0.4) is 0 Å². The van der Waals surface area contributed by atoms with E-state index in [9.17, 15) is 4.79 Å². The van der Waals surface area contributed by atoms with E-state index in [2.05, 4.69) is 23.9 Å². The smallest absolute Gasteiger partial charge is 0.246 e. The molecule has 8 nitrogen and oxygen atoms in total. The van der Waals surface area contributed by atoms with Crippen LogP contribution in [0.2, 0.25) is 0 Å². The minimum absolute atomic E-state index is 0.0551. The highest BCUT2D eigenvalue weighted by atomic mass is 16.5. The molecule has 0 bridgehead atoms. The van der Waals surface area contributed by atoms with E-state index in [1.807, 2.05) is 43.0 Å². The Labute approximate surface area is 207 Å². The van der Waals surface area contributed by atoms with Crippen LogP contribution in [0.5, 0.6) is 11.5 Å². The van der Waals surface area contributed by atoms with Crippen LogP contribution < -0.4 is 9.47 Å². The van der Waals surface area contributed by atoms with Crippen LogP contribution in [0, 0.1) is 13.8 Å². The van der Waals surface area contributed by atoms with E-state index in [0.717, 1.165) is 61.6 Å². The summed E-state index contributed by atoms with van der Waals surface area (Å²) in [5.74, 6) is 2.04. The van der Waals surface area contributed by atoms with Crippen molar-refractivity contribution in [3.8, 4) is 11.5 Å². The molecule has 0 spiro atoms. The lowest BCUT2D eigenvalue weighted by atomic mass is 10.1. The number of hydrogen-bond donors (Lipinski definition) is 0. The predicted octanol–water partition coefficient (Wildman–Crippen LogP) is 3.99. The third kappa shape index (κ3) is 6.24. The quantitative estimate of drug-likeness (QED) is 0.526. The lowest BCUT2D eigenvalue weighted by molar-refractivity contribution is -0.127. The molecular formula is C27H37N3O5. The van der Waals surface area contributed by atoms with E-state index in [1.165, 1.54) is 0 Å². The van der Waals surface area contributed by atoms with Crippen molar-refractivity contribution in [3.63, 3.8) is 0 Å². The Morgan fingerprint density at radius 3 is 2.66 bits per heavy atom. The van der Waals surface area contributed by atoms with Crippen LogP contribution >= 0.6 is 0 Å². The molecule has 0 aliphatic carbocycles. The second kappa shape index (κ2) is 11.3. The molecule has 190 valence electrons. The Hall–Kier alpha value is -2.84. The van der Waals surface area contributed by atoms with E-state index in [4.69, 9.17) is 18.7 Å². The highest BCUT2D eigenvalue weighted by Gasteiger charge is 2.31. The number of aryl methyl sites for hydroxylation is 2. The van der Waals surface area contributed by atoms with Gasteiger partial charge in [0.1, 0.15) is 12.4 Å². The minimum atomic E-state index is 0.0551. The number of carbonyl (C=O) groups is 1. The van der Waals surface area contributed by atoms with Gasteiger partial charge < -0.3 is 23.6 Å². The van der Waals surface area contributed by atoms with Gasteiger partial charge in [-0.2, -0.15) is 0 Å². The summed E-state index contributed by atoms with van der Waals surface area (Å²) in [6, 6.07) is 5.91. The van der Waals surface area contributed by atoms with Gasteiger partial charge in [0.2, 0.25) is 5.91 Å². The zero-order valence-corrected chi connectivity index (χ0v) is 21.5. The molecule has 2 aromatic rings.